The normalized spacial score (nSPS) is 11.2. The molecule has 0 saturated carbocycles. The number of hydrogen-bond acceptors (Lipinski definition) is 8. The molecule has 7 nitrogen and oxygen atoms in total. The predicted molar refractivity (Wildman–Crippen MR) is 76.6 cm³/mol. The molecule has 1 aromatic heterocycles. The second kappa shape index (κ2) is 7.28. The molecule has 1 rings (SSSR count). The fraction of sp³-hybridized carbons (Fsp3) is 0.667. The summed E-state index contributed by atoms with van der Waals surface area (Å²) >= 11 is 1.13. The molecule has 112 valence electrons. The fourth-order valence-corrected chi connectivity index (χ4v) is 1.78. The molecule has 0 saturated heterocycles. The smallest absolute Gasteiger partial charge is 0.322 e. The number of nitrogens with two attached hydrogens (primary N) is 1. The second-order valence-corrected chi connectivity index (χ2v) is 5.92. The van der Waals surface area contributed by atoms with Crippen molar-refractivity contribution in [1.82, 2.24) is 15.0 Å². The van der Waals surface area contributed by atoms with E-state index in [-0.39, 0.29) is 23.7 Å². The van der Waals surface area contributed by atoms with Gasteiger partial charge in [0.1, 0.15) is 5.60 Å². The van der Waals surface area contributed by atoms with E-state index in [2.05, 4.69) is 15.0 Å². The molecular formula is C12H20N4O3S. The van der Waals surface area contributed by atoms with Crippen molar-refractivity contribution in [3.63, 3.8) is 0 Å². The molecule has 20 heavy (non-hydrogen) atoms. The molecule has 0 aliphatic heterocycles. The number of ether oxygens (including phenoxy) is 2. The molecular weight excluding hydrogens is 280 g/mol. The van der Waals surface area contributed by atoms with Gasteiger partial charge in [-0.3, -0.25) is 4.79 Å². The number of hydrogen-bond donors (Lipinski definition) is 1. The third-order valence-electron chi connectivity index (χ3n) is 1.79. The predicted octanol–water partition coefficient (Wildman–Crippen LogP) is 1.68. The number of rotatable bonds is 6. The minimum atomic E-state index is -0.509. The molecule has 1 heterocycles. The van der Waals surface area contributed by atoms with Crippen LogP contribution < -0.4 is 10.5 Å². The molecule has 0 radical (unpaired) electrons. The average Bonchev–Trinajstić information content (AvgIpc) is 2.31. The number of nitrogen functional groups attached to an aromatic ring is 1. The lowest BCUT2D eigenvalue weighted by atomic mass is 10.2. The number of carbonyl (C=O) groups excluding carboxylic acids is 1. The summed E-state index contributed by atoms with van der Waals surface area (Å²) in [5.41, 5.74) is 5.06. The van der Waals surface area contributed by atoms with Gasteiger partial charge in [-0.1, -0.05) is 18.7 Å². The zero-order valence-electron chi connectivity index (χ0n) is 12.2. The van der Waals surface area contributed by atoms with Crippen molar-refractivity contribution in [2.24, 2.45) is 0 Å². The first kappa shape index (κ1) is 16.5. The van der Waals surface area contributed by atoms with E-state index in [0.717, 1.165) is 18.2 Å². The number of thioether (sulfide) groups is 1. The third-order valence-corrected chi connectivity index (χ3v) is 2.61. The van der Waals surface area contributed by atoms with Crippen LogP contribution in [0.1, 0.15) is 34.1 Å². The molecule has 0 atom stereocenters. The molecule has 0 amide bonds. The van der Waals surface area contributed by atoms with Gasteiger partial charge in [0.2, 0.25) is 5.95 Å². The Balaban J connectivity index is 2.59. The summed E-state index contributed by atoms with van der Waals surface area (Å²) < 4.78 is 10.5. The maximum Gasteiger partial charge on any atom is 0.322 e. The Labute approximate surface area is 122 Å². The van der Waals surface area contributed by atoms with Gasteiger partial charge in [-0.05, 0) is 27.2 Å². The van der Waals surface area contributed by atoms with Gasteiger partial charge in [0, 0.05) is 0 Å². The lowest BCUT2D eigenvalue weighted by molar-refractivity contribution is -0.151. The maximum atomic E-state index is 11.6. The Kier molecular flexibility index (Phi) is 6.00. The van der Waals surface area contributed by atoms with Crippen LogP contribution in [0.5, 0.6) is 6.01 Å². The highest BCUT2D eigenvalue weighted by Gasteiger charge is 2.17. The molecule has 2 N–H and O–H groups in total. The van der Waals surface area contributed by atoms with Crippen molar-refractivity contribution in [2.75, 3.05) is 18.1 Å². The molecule has 0 spiro atoms. The van der Waals surface area contributed by atoms with Crippen LogP contribution in [0, 0.1) is 0 Å². The summed E-state index contributed by atoms with van der Waals surface area (Å²) in [7, 11) is 0. The molecule has 0 fully saturated rings. The van der Waals surface area contributed by atoms with Gasteiger partial charge < -0.3 is 15.2 Å². The van der Waals surface area contributed by atoms with Crippen molar-refractivity contribution < 1.29 is 14.3 Å². The van der Waals surface area contributed by atoms with E-state index < -0.39 is 5.60 Å². The second-order valence-electron chi connectivity index (χ2n) is 4.98. The van der Waals surface area contributed by atoms with Crippen LogP contribution in [0.15, 0.2) is 5.16 Å². The van der Waals surface area contributed by atoms with E-state index in [1.807, 2.05) is 27.7 Å². The standard InChI is InChI=1S/C12H20N4O3S/c1-5-6-18-10-14-9(13)15-11(16-10)20-7-8(17)19-12(2,3)4/h5-7H2,1-4H3,(H2,13,14,15,16). The van der Waals surface area contributed by atoms with E-state index in [4.69, 9.17) is 15.2 Å². The van der Waals surface area contributed by atoms with Crippen molar-refractivity contribution >= 4 is 23.7 Å². The van der Waals surface area contributed by atoms with Crippen molar-refractivity contribution in [3.8, 4) is 6.01 Å². The number of aromatic nitrogens is 3. The van der Waals surface area contributed by atoms with E-state index in [9.17, 15) is 4.79 Å². The molecule has 1 aromatic rings. The number of carbonyl (C=O) groups is 1. The van der Waals surface area contributed by atoms with Gasteiger partial charge in [-0.15, -0.1) is 0 Å². The Morgan fingerprint density at radius 2 is 2.00 bits per heavy atom. The molecule has 0 bridgehead atoms. The van der Waals surface area contributed by atoms with Crippen LogP contribution >= 0.6 is 11.8 Å². The Morgan fingerprint density at radius 3 is 2.60 bits per heavy atom. The summed E-state index contributed by atoms with van der Waals surface area (Å²) in [6, 6.07) is 0.172. The highest BCUT2D eigenvalue weighted by atomic mass is 32.2. The first-order valence-corrected chi connectivity index (χ1v) is 7.27. The third kappa shape index (κ3) is 6.55. The van der Waals surface area contributed by atoms with Crippen LogP contribution in [0.2, 0.25) is 0 Å². The average molecular weight is 300 g/mol. The summed E-state index contributed by atoms with van der Waals surface area (Å²) in [5, 5.41) is 0.342. The van der Waals surface area contributed by atoms with Gasteiger partial charge in [0.05, 0.1) is 12.4 Å². The van der Waals surface area contributed by atoms with E-state index in [1.54, 1.807) is 0 Å². The zero-order valence-corrected chi connectivity index (χ0v) is 13.0. The first-order valence-electron chi connectivity index (χ1n) is 6.29. The highest BCUT2D eigenvalue weighted by molar-refractivity contribution is 7.99. The fourth-order valence-electron chi connectivity index (χ4n) is 1.17. The molecule has 0 aliphatic carbocycles. The molecule has 8 heteroatoms. The maximum absolute atomic E-state index is 11.6. The Hall–Kier alpha value is -1.57. The van der Waals surface area contributed by atoms with Crippen LogP contribution in [0.3, 0.4) is 0 Å². The lowest BCUT2D eigenvalue weighted by Gasteiger charge is -2.19. The van der Waals surface area contributed by atoms with Gasteiger partial charge in [-0.25, -0.2) is 0 Å². The largest absolute Gasteiger partial charge is 0.463 e. The van der Waals surface area contributed by atoms with Crippen molar-refractivity contribution in [2.45, 2.75) is 44.9 Å². The number of esters is 1. The summed E-state index contributed by atoms with van der Waals surface area (Å²) in [5.74, 6) is -0.163. The zero-order chi connectivity index (χ0) is 15.2. The van der Waals surface area contributed by atoms with Gasteiger partial charge in [0.25, 0.3) is 0 Å². The Bertz CT molecular complexity index is 463. The quantitative estimate of drug-likeness (QED) is 0.625. The minimum Gasteiger partial charge on any atom is -0.463 e. The molecule has 0 aliphatic rings. The number of anilines is 1. The monoisotopic (exact) mass is 300 g/mol. The van der Waals surface area contributed by atoms with Crippen LogP contribution in [0.4, 0.5) is 5.95 Å². The summed E-state index contributed by atoms with van der Waals surface area (Å²) in [6.07, 6.45) is 0.839. The lowest BCUT2D eigenvalue weighted by Crippen LogP contribution is -2.25. The van der Waals surface area contributed by atoms with Gasteiger partial charge >= 0.3 is 12.0 Å². The van der Waals surface area contributed by atoms with Crippen molar-refractivity contribution in [1.29, 1.82) is 0 Å². The summed E-state index contributed by atoms with van der Waals surface area (Å²) in [6.45, 7) is 7.91. The minimum absolute atomic E-state index is 0.0674. The molecule has 0 unspecified atom stereocenters. The van der Waals surface area contributed by atoms with Crippen LogP contribution in [-0.2, 0) is 9.53 Å². The van der Waals surface area contributed by atoms with Gasteiger partial charge in [-0.2, -0.15) is 15.0 Å². The first-order chi connectivity index (χ1) is 9.30. The topological polar surface area (TPSA) is 100 Å². The van der Waals surface area contributed by atoms with E-state index >= 15 is 0 Å². The van der Waals surface area contributed by atoms with Gasteiger partial charge in [0.15, 0.2) is 5.16 Å². The molecule has 0 aromatic carbocycles. The van der Waals surface area contributed by atoms with Crippen molar-refractivity contribution in [3.05, 3.63) is 0 Å². The summed E-state index contributed by atoms with van der Waals surface area (Å²) in [4.78, 5) is 23.5. The van der Waals surface area contributed by atoms with Crippen LogP contribution in [-0.4, -0.2) is 38.9 Å². The SMILES string of the molecule is CCCOc1nc(N)nc(SCC(=O)OC(C)(C)C)n1. The van der Waals surface area contributed by atoms with E-state index in [0.29, 0.717) is 11.8 Å². The highest BCUT2D eigenvalue weighted by Crippen LogP contribution is 2.18. The van der Waals surface area contributed by atoms with Crippen LogP contribution in [0.25, 0.3) is 0 Å². The number of nitrogens with zero attached hydrogens (tertiary/aromatic N) is 3. The Morgan fingerprint density at radius 1 is 1.30 bits per heavy atom. The van der Waals surface area contributed by atoms with E-state index in [1.165, 1.54) is 0 Å².